The molecule has 2 rings (SSSR count). The zero-order chi connectivity index (χ0) is 11.4. The molecule has 84 valence electrons. The first-order valence-corrected chi connectivity index (χ1v) is 7.27. The van der Waals surface area contributed by atoms with Crippen molar-refractivity contribution >= 4 is 44.4 Å². The Bertz CT molecular complexity index is 487. The van der Waals surface area contributed by atoms with Crippen LogP contribution in [0.4, 0.5) is 5.82 Å². The molecule has 4 heteroatoms. The standard InChI is InChI=1S/C12H13BrN2S/c1-16-7-6-14-12-5-2-9-8-10(13)3-4-11(9)15-12/h2-5,8H,6-7H2,1H3,(H,14,15). The monoisotopic (exact) mass is 296 g/mol. The third kappa shape index (κ3) is 2.89. The number of benzene rings is 1. The Morgan fingerprint density at radius 2 is 2.19 bits per heavy atom. The van der Waals surface area contributed by atoms with E-state index in [0.29, 0.717) is 0 Å². The summed E-state index contributed by atoms with van der Waals surface area (Å²) in [4.78, 5) is 4.55. The summed E-state index contributed by atoms with van der Waals surface area (Å²) in [5, 5.41) is 4.47. The smallest absolute Gasteiger partial charge is 0.126 e. The number of hydrogen-bond donors (Lipinski definition) is 1. The number of rotatable bonds is 4. The van der Waals surface area contributed by atoms with Gasteiger partial charge in [0.1, 0.15) is 5.82 Å². The molecule has 0 saturated carbocycles. The van der Waals surface area contributed by atoms with E-state index >= 15 is 0 Å². The summed E-state index contributed by atoms with van der Waals surface area (Å²) in [5.74, 6) is 2.05. The van der Waals surface area contributed by atoms with Gasteiger partial charge in [-0.25, -0.2) is 4.98 Å². The zero-order valence-electron chi connectivity index (χ0n) is 9.03. The summed E-state index contributed by atoms with van der Waals surface area (Å²) < 4.78 is 1.09. The quantitative estimate of drug-likeness (QED) is 0.870. The number of nitrogens with zero attached hydrogens (tertiary/aromatic N) is 1. The highest BCUT2D eigenvalue weighted by molar-refractivity contribution is 9.10. The molecule has 0 amide bonds. The maximum atomic E-state index is 4.55. The number of nitrogens with one attached hydrogen (secondary N) is 1. The Kier molecular flexibility index (Phi) is 4.07. The van der Waals surface area contributed by atoms with Crippen molar-refractivity contribution in [3.8, 4) is 0 Å². The van der Waals surface area contributed by atoms with E-state index in [1.54, 1.807) is 0 Å². The Morgan fingerprint density at radius 1 is 1.31 bits per heavy atom. The van der Waals surface area contributed by atoms with Crippen LogP contribution in [0.15, 0.2) is 34.8 Å². The third-order valence-electron chi connectivity index (χ3n) is 2.26. The molecule has 0 aliphatic rings. The largest absolute Gasteiger partial charge is 0.369 e. The molecule has 1 heterocycles. The van der Waals surface area contributed by atoms with Crippen LogP contribution in [-0.2, 0) is 0 Å². The zero-order valence-corrected chi connectivity index (χ0v) is 11.4. The second kappa shape index (κ2) is 5.55. The molecule has 2 nitrogen and oxygen atoms in total. The summed E-state index contributed by atoms with van der Waals surface area (Å²) in [7, 11) is 0. The fourth-order valence-corrected chi connectivity index (χ4v) is 2.16. The first-order valence-electron chi connectivity index (χ1n) is 5.09. The second-order valence-electron chi connectivity index (χ2n) is 3.45. The molecule has 1 aromatic carbocycles. The number of halogens is 1. The van der Waals surface area contributed by atoms with Crippen molar-refractivity contribution in [2.24, 2.45) is 0 Å². The van der Waals surface area contributed by atoms with Crippen molar-refractivity contribution in [3.05, 3.63) is 34.8 Å². The lowest BCUT2D eigenvalue weighted by Gasteiger charge is -2.05. The molecule has 0 unspecified atom stereocenters. The van der Waals surface area contributed by atoms with Gasteiger partial charge in [0.15, 0.2) is 0 Å². The lowest BCUT2D eigenvalue weighted by molar-refractivity contribution is 1.19. The molecule has 0 atom stereocenters. The van der Waals surface area contributed by atoms with Gasteiger partial charge < -0.3 is 5.32 Å². The van der Waals surface area contributed by atoms with E-state index in [9.17, 15) is 0 Å². The minimum atomic E-state index is 0.948. The molecule has 0 aliphatic carbocycles. The molecular weight excluding hydrogens is 284 g/mol. The van der Waals surface area contributed by atoms with Gasteiger partial charge in [-0.3, -0.25) is 0 Å². The number of aromatic nitrogens is 1. The minimum Gasteiger partial charge on any atom is -0.369 e. The molecule has 0 radical (unpaired) electrons. The van der Waals surface area contributed by atoms with Crippen LogP contribution >= 0.6 is 27.7 Å². The van der Waals surface area contributed by atoms with Crippen molar-refractivity contribution in [1.29, 1.82) is 0 Å². The number of hydrogen-bond acceptors (Lipinski definition) is 3. The van der Waals surface area contributed by atoms with Gasteiger partial charge >= 0.3 is 0 Å². The molecule has 0 spiro atoms. The van der Waals surface area contributed by atoms with Crippen molar-refractivity contribution in [1.82, 2.24) is 4.98 Å². The number of anilines is 1. The maximum absolute atomic E-state index is 4.55. The Morgan fingerprint density at radius 3 is 3.00 bits per heavy atom. The molecule has 1 N–H and O–H groups in total. The summed E-state index contributed by atoms with van der Waals surface area (Å²) >= 11 is 5.29. The maximum Gasteiger partial charge on any atom is 0.126 e. The molecule has 0 fully saturated rings. The minimum absolute atomic E-state index is 0.948. The lowest BCUT2D eigenvalue weighted by Crippen LogP contribution is -2.05. The van der Waals surface area contributed by atoms with E-state index < -0.39 is 0 Å². The van der Waals surface area contributed by atoms with Crippen LogP contribution in [0.3, 0.4) is 0 Å². The Balaban J connectivity index is 2.20. The summed E-state index contributed by atoms with van der Waals surface area (Å²) in [6.07, 6.45) is 2.10. The Hall–Kier alpha value is -0.740. The van der Waals surface area contributed by atoms with Crippen LogP contribution in [0.25, 0.3) is 10.9 Å². The summed E-state index contributed by atoms with van der Waals surface area (Å²) in [5.41, 5.74) is 1.03. The first-order chi connectivity index (χ1) is 7.79. The van der Waals surface area contributed by atoms with Crippen molar-refractivity contribution in [3.63, 3.8) is 0 Å². The molecular formula is C12H13BrN2S. The normalized spacial score (nSPS) is 10.6. The number of pyridine rings is 1. The highest BCUT2D eigenvalue weighted by Crippen LogP contribution is 2.19. The molecule has 0 saturated heterocycles. The van der Waals surface area contributed by atoms with Crippen molar-refractivity contribution < 1.29 is 0 Å². The van der Waals surface area contributed by atoms with E-state index in [4.69, 9.17) is 0 Å². The molecule has 0 bridgehead atoms. The molecule has 16 heavy (non-hydrogen) atoms. The van der Waals surface area contributed by atoms with Gasteiger partial charge in [0, 0.05) is 22.2 Å². The van der Waals surface area contributed by atoms with Gasteiger partial charge in [-0.1, -0.05) is 15.9 Å². The molecule has 1 aromatic heterocycles. The van der Waals surface area contributed by atoms with E-state index in [2.05, 4.69) is 44.6 Å². The van der Waals surface area contributed by atoms with Crippen molar-refractivity contribution in [2.45, 2.75) is 0 Å². The van der Waals surface area contributed by atoms with Crippen LogP contribution in [-0.4, -0.2) is 23.5 Å². The molecule has 0 aliphatic heterocycles. The van der Waals surface area contributed by atoms with Gasteiger partial charge in [0.05, 0.1) is 5.52 Å². The SMILES string of the molecule is CSCCNc1ccc2cc(Br)ccc2n1. The highest BCUT2D eigenvalue weighted by Gasteiger charge is 1.98. The fraction of sp³-hybridized carbons (Fsp3) is 0.250. The van der Waals surface area contributed by atoms with E-state index in [1.165, 1.54) is 0 Å². The molecule has 2 aromatic rings. The Labute approximate surface area is 108 Å². The van der Waals surface area contributed by atoms with Gasteiger partial charge in [-0.2, -0.15) is 11.8 Å². The van der Waals surface area contributed by atoms with E-state index in [1.807, 2.05) is 30.0 Å². The topological polar surface area (TPSA) is 24.9 Å². The third-order valence-corrected chi connectivity index (χ3v) is 3.37. The van der Waals surface area contributed by atoms with E-state index in [0.717, 1.165) is 33.5 Å². The van der Waals surface area contributed by atoms with Gasteiger partial charge in [-0.05, 0) is 36.6 Å². The van der Waals surface area contributed by atoms with E-state index in [-0.39, 0.29) is 0 Å². The van der Waals surface area contributed by atoms with Crippen LogP contribution < -0.4 is 5.32 Å². The predicted molar refractivity (Wildman–Crippen MR) is 76.3 cm³/mol. The average molecular weight is 297 g/mol. The van der Waals surface area contributed by atoms with Gasteiger partial charge in [0.25, 0.3) is 0 Å². The summed E-state index contributed by atoms with van der Waals surface area (Å²) in [6, 6.07) is 10.2. The van der Waals surface area contributed by atoms with Crippen LogP contribution in [0.2, 0.25) is 0 Å². The first kappa shape index (κ1) is 11.7. The van der Waals surface area contributed by atoms with Gasteiger partial charge in [-0.15, -0.1) is 0 Å². The second-order valence-corrected chi connectivity index (χ2v) is 5.35. The van der Waals surface area contributed by atoms with Crippen molar-refractivity contribution in [2.75, 3.05) is 23.9 Å². The van der Waals surface area contributed by atoms with Crippen LogP contribution in [0.1, 0.15) is 0 Å². The highest BCUT2D eigenvalue weighted by atomic mass is 79.9. The summed E-state index contributed by atoms with van der Waals surface area (Å²) in [6.45, 7) is 0.955. The lowest BCUT2D eigenvalue weighted by atomic mass is 10.2. The van der Waals surface area contributed by atoms with Gasteiger partial charge in [0.2, 0.25) is 0 Å². The van der Waals surface area contributed by atoms with Crippen LogP contribution in [0.5, 0.6) is 0 Å². The number of thioether (sulfide) groups is 1. The van der Waals surface area contributed by atoms with Crippen LogP contribution in [0, 0.1) is 0 Å². The average Bonchev–Trinajstić information content (AvgIpc) is 2.29. The fourth-order valence-electron chi connectivity index (χ4n) is 1.48. The predicted octanol–water partition coefficient (Wildman–Crippen LogP) is 3.77. The number of fused-ring (bicyclic) bond motifs is 1.